The molecule has 0 atom stereocenters. The second-order valence-electron chi connectivity index (χ2n) is 9.89. The van der Waals surface area contributed by atoms with Gasteiger partial charge in [-0.1, -0.05) is 29.8 Å². The third-order valence-electron chi connectivity index (χ3n) is 7.14. The van der Waals surface area contributed by atoms with Gasteiger partial charge >= 0.3 is 0 Å². The molecule has 2 heterocycles. The molecule has 2 aliphatic rings. The first kappa shape index (κ1) is 27.4. The maximum Gasteiger partial charge on any atom is 0.243 e. The Morgan fingerprint density at radius 2 is 1.77 bits per heavy atom. The summed E-state index contributed by atoms with van der Waals surface area (Å²) in [4.78, 5) is 17.4. The lowest BCUT2D eigenvalue weighted by Gasteiger charge is -2.27. The van der Waals surface area contributed by atoms with Crippen molar-refractivity contribution in [2.24, 2.45) is 5.92 Å². The van der Waals surface area contributed by atoms with Crippen LogP contribution in [0.1, 0.15) is 19.3 Å². The Hall–Kier alpha value is -3.21. The van der Waals surface area contributed by atoms with E-state index in [0.29, 0.717) is 48.6 Å². The number of benzene rings is 2. The Kier molecular flexibility index (Phi) is 8.34. The van der Waals surface area contributed by atoms with Gasteiger partial charge in [-0.05, 0) is 67.6 Å². The fraction of sp³-hybridized carbons (Fsp3) is 0.393. The highest BCUT2D eigenvalue weighted by atomic mass is 35.5. The molecule has 1 aromatic heterocycles. The van der Waals surface area contributed by atoms with Crippen LogP contribution in [0, 0.1) is 5.92 Å². The van der Waals surface area contributed by atoms with Crippen LogP contribution in [0.3, 0.4) is 0 Å². The van der Waals surface area contributed by atoms with Crippen LogP contribution in [0.25, 0.3) is 11.3 Å². The van der Waals surface area contributed by atoms with Gasteiger partial charge in [0.05, 0.1) is 29.3 Å². The van der Waals surface area contributed by atoms with Crippen LogP contribution in [0.15, 0.2) is 65.6 Å². The van der Waals surface area contributed by atoms with Crippen molar-refractivity contribution in [2.75, 3.05) is 51.3 Å². The van der Waals surface area contributed by atoms with E-state index in [4.69, 9.17) is 16.3 Å². The van der Waals surface area contributed by atoms with Crippen LogP contribution < -0.4 is 9.64 Å². The van der Waals surface area contributed by atoms with Crippen molar-refractivity contribution in [3.8, 4) is 17.0 Å². The molecule has 0 radical (unpaired) electrons. The Bertz CT molecular complexity index is 1400. The summed E-state index contributed by atoms with van der Waals surface area (Å²) in [5, 5.41) is 9.41. The summed E-state index contributed by atoms with van der Waals surface area (Å²) < 4.78 is 33.4. The van der Waals surface area contributed by atoms with E-state index in [0.717, 1.165) is 37.2 Å². The number of hydrogen-bond donors (Lipinski definition) is 0. The molecule has 0 bridgehead atoms. The average molecular weight is 570 g/mol. The number of methoxy groups -OCH3 is 1. The highest BCUT2D eigenvalue weighted by Gasteiger charge is 2.34. The van der Waals surface area contributed by atoms with Crippen LogP contribution in [-0.2, 0) is 14.8 Å². The molecule has 0 N–H and O–H groups in total. The van der Waals surface area contributed by atoms with Crippen molar-refractivity contribution in [1.29, 1.82) is 0 Å². The summed E-state index contributed by atoms with van der Waals surface area (Å²) in [5.41, 5.74) is 1.52. The van der Waals surface area contributed by atoms with Crippen LogP contribution in [0.2, 0.25) is 5.02 Å². The maximum atomic E-state index is 13.5. The van der Waals surface area contributed by atoms with Gasteiger partial charge in [-0.2, -0.15) is 4.31 Å². The molecule has 1 aliphatic heterocycles. The van der Waals surface area contributed by atoms with E-state index in [1.165, 1.54) is 23.5 Å². The topological polar surface area (TPSA) is 95.9 Å². The number of carbonyl (C=O) groups excluding carboxylic acids is 1. The monoisotopic (exact) mass is 569 g/mol. The zero-order valence-electron chi connectivity index (χ0n) is 21.9. The zero-order valence-corrected chi connectivity index (χ0v) is 23.4. The second kappa shape index (κ2) is 11.9. The normalized spacial score (nSPS) is 16.3. The van der Waals surface area contributed by atoms with Gasteiger partial charge in [-0.25, -0.2) is 8.42 Å². The predicted octanol–water partition coefficient (Wildman–Crippen LogP) is 3.95. The quantitative estimate of drug-likeness (QED) is 0.385. The number of hydrogen-bond acceptors (Lipinski definition) is 7. The molecule has 3 aromatic rings. The molecule has 1 saturated heterocycles. The van der Waals surface area contributed by atoms with Crippen molar-refractivity contribution < 1.29 is 17.9 Å². The highest BCUT2D eigenvalue weighted by molar-refractivity contribution is 7.89. The Morgan fingerprint density at radius 3 is 2.44 bits per heavy atom. The molecule has 2 fully saturated rings. The van der Waals surface area contributed by atoms with Crippen molar-refractivity contribution in [3.63, 3.8) is 0 Å². The van der Waals surface area contributed by atoms with Crippen LogP contribution >= 0.6 is 11.6 Å². The third-order valence-corrected chi connectivity index (χ3v) is 9.30. The Morgan fingerprint density at radius 1 is 1.00 bits per heavy atom. The van der Waals surface area contributed by atoms with Crippen LogP contribution in [-0.4, -0.2) is 80.1 Å². The first-order valence-electron chi connectivity index (χ1n) is 13.1. The van der Waals surface area contributed by atoms with E-state index in [2.05, 4.69) is 15.1 Å². The number of amides is 1. The van der Waals surface area contributed by atoms with Gasteiger partial charge in [0.1, 0.15) is 5.75 Å². The number of nitrogens with zero attached hydrogens (tertiary/aromatic N) is 5. The summed E-state index contributed by atoms with van der Waals surface area (Å²) in [5.74, 6) is 1.43. The predicted molar refractivity (Wildman–Crippen MR) is 150 cm³/mol. The molecule has 206 valence electrons. The van der Waals surface area contributed by atoms with Gasteiger partial charge in [0.2, 0.25) is 15.9 Å². The molecule has 1 amide bonds. The largest absolute Gasteiger partial charge is 0.497 e. The van der Waals surface area contributed by atoms with Crippen molar-refractivity contribution >= 4 is 33.3 Å². The lowest BCUT2D eigenvalue weighted by Crippen LogP contribution is -2.44. The lowest BCUT2D eigenvalue weighted by molar-refractivity contribution is -0.131. The fourth-order valence-corrected chi connectivity index (χ4v) is 6.38. The van der Waals surface area contributed by atoms with E-state index in [1.807, 2.05) is 36.4 Å². The van der Waals surface area contributed by atoms with Gasteiger partial charge in [-0.15, -0.1) is 10.2 Å². The van der Waals surface area contributed by atoms with Gasteiger partial charge < -0.3 is 14.5 Å². The number of halogens is 1. The molecular formula is C28H32ClN5O4S. The van der Waals surface area contributed by atoms with Crippen LogP contribution in [0.4, 0.5) is 5.82 Å². The average Bonchev–Trinajstić information content (AvgIpc) is 3.80. The number of anilines is 1. The molecule has 0 spiro atoms. The standard InChI is InChI=1S/C28H32ClN5O4S/c1-38-22-9-11-23(12-10-22)39(36,37)34(19-21-7-8-21)20-28(35)33-16-4-15-32(17-18-33)27-14-13-26(30-31-27)24-5-2-3-6-25(24)29/h2-3,5-6,9-14,21H,4,7-8,15-20H2,1H3. The summed E-state index contributed by atoms with van der Waals surface area (Å²) in [6.07, 6.45) is 2.71. The summed E-state index contributed by atoms with van der Waals surface area (Å²) >= 11 is 6.30. The highest BCUT2D eigenvalue weighted by Crippen LogP contribution is 2.32. The SMILES string of the molecule is COc1ccc(S(=O)(=O)N(CC(=O)N2CCCN(c3ccc(-c4ccccc4Cl)nn3)CC2)CC2CC2)cc1. The van der Waals surface area contributed by atoms with E-state index in [1.54, 1.807) is 17.0 Å². The molecule has 0 unspecified atom stereocenters. The Balaban J connectivity index is 1.24. The van der Waals surface area contributed by atoms with Crippen molar-refractivity contribution in [2.45, 2.75) is 24.2 Å². The first-order chi connectivity index (χ1) is 18.8. The van der Waals surface area contributed by atoms with E-state index in [9.17, 15) is 13.2 Å². The van der Waals surface area contributed by atoms with E-state index >= 15 is 0 Å². The van der Waals surface area contributed by atoms with Gasteiger partial charge in [0.15, 0.2) is 5.82 Å². The van der Waals surface area contributed by atoms with Crippen molar-refractivity contribution in [1.82, 2.24) is 19.4 Å². The smallest absolute Gasteiger partial charge is 0.243 e. The lowest BCUT2D eigenvalue weighted by atomic mass is 10.1. The van der Waals surface area contributed by atoms with E-state index in [-0.39, 0.29) is 17.3 Å². The van der Waals surface area contributed by atoms with Gasteiger partial charge in [-0.3, -0.25) is 4.79 Å². The number of aromatic nitrogens is 2. The summed E-state index contributed by atoms with van der Waals surface area (Å²) in [7, 11) is -2.28. The van der Waals surface area contributed by atoms with E-state index < -0.39 is 10.0 Å². The number of ether oxygens (including phenoxy) is 1. The summed E-state index contributed by atoms with van der Waals surface area (Å²) in [6, 6.07) is 17.6. The molecule has 5 rings (SSSR count). The fourth-order valence-electron chi connectivity index (χ4n) is 4.69. The molecule has 9 nitrogen and oxygen atoms in total. The minimum atomic E-state index is -3.82. The molecule has 11 heteroatoms. The second-order valence-corrected chi connectivity index (χ2v) is 12.2. The Labute approximate surface area is 234 Å². The minimum absolute atomic E-state index is 0.164. The van der Waals surface area contributed by atoms with Gasteiger partial charge in [0, 0.05) is 38.3 Å². The third kappa shape index (κ3) is 6.51. The molecular weight excluding hydrogens is 538 g/mol. The molecule has 39 heavy (non-hydrogen) atoms. The summed E-state index contributed by atoms with van der Waals surface area (Å²) in [6.45, 7) is 2.52. The van der Waals surface area contributed by atoms with Gasteiger partial charge in [0.25, 0.3) is 0 Å². The number of rotatable bonds is 9. The first-order valence-corrected chi connectivity index (χ1v) is 14.9. The molecule has 2 aromatic carbocycles. The maximum absolute atomic E-state index is 13.5. The van der Waals surface area contributed by atoms with Crippen molar-refractivity contribution in [3.05, 3.63) is 65.7 Å². The molecule has 1 aliphatic carbocycles. The number of sulfonamides is 1. The zero-order chi connectivity index (χ0) is 27.4. The number of carbonyl (C=O) groups is 1. The molecule has 1 saturated carbocycles. The minimum Gasteiger partial charge on any atom is -0.497 e. The van der Waals surface area contributed by atoms with Crippen LogP contribution in [0.5, 0.6) is 5.75 Å².